The van der Waals surface area contributed by atoms with Crippen LogP contribution in [0.2, 0.25) is 5.02 Å². The summed E-state index contributed by atoms with van der Waals surface area (Å²) >= 11 is 6.63. The van der Waals surface area contributed by atoms with Crippen molar-refractivity contribution in [2.45, 2.75) is 13.0 Å². The molecule has 1 atom stereocenters. The van der Waals surface area contributed by atoms with Gasteiger partial charge in [-0.25, -0.2) is 9.78 Å². The zero-order valence-electron chi connectivity index (χ0n) is 18.2. The zero-order valence-corrected chi connectivity index (χ0v) is 19.0. The van der Waals surface area contributed by atoms with Gasteiger partial charge in [0.15, 0.2) is 5.69 Å². The van der Waals surface area contributed by atoms with E-state index >= 15 is 0 Å². The van der Waals surface area contributed by atoms with E-state index in [4.69, 9.17) is 21.1 Å². The van der Waals surface area contributed by atoms with Crippen molar-refractivity contribution in [3.8, 4) is 11.5 Å². The number of nitrogens with zero attached hydrogens (tertiary/aromatic N) is 3. The van der Waals surface area contributed by atoms with Crippen molar-refractivity contribution in [2.24, 2.45) is 7.05 Å². The minimum Gasteiger partial charge on any atom is -0.493 e. The molecule has 1 heterocycles. The van der Waals surface area contributed by atoms with Crippen LogP contribution < -0.4 is 19.9 Å². The number of aromatic nitrogens is 2. The van der Waals surface area contributed by atoms with Gasteiger partial charge in [-0.15, -0.1) is 0 Å². The van der Waals surface area contributed by atoms with Crippen LogP contribution in [-0.4, -0.2) is 41.4 Å². The summed E-state index contributed by atoms with van der Waals surface area (Å²) in [6.07, 6.45) is 0. The first-order chi connectivity index (χ1) is 15.3. The highest BCUT2D eigenvalue weighted by atomic mass is 35.5. The van der Waals surface area contributed by atoms with E-state index in [2.05, 4.69) is 4.98 Å². The normalized spacial score (nSPS) is 11.7. The van der Waals surface area contributed by atoms with Gasteiger partial charge in [-0.2, -0.15) is 0 Å². The molecule has 0 radical (unpaired) electrons. The second kappa shape index (κ2) is 9.74. The number of benzene rings is 2. The summed E-state index contributed by atoms with van der Waals surface area (Å²) in [5, 5.41) is 10.1. The first kappa shape index (κ1) is 23.1. The van der Waals surface area contributed by atoms with Gasteiger partial charge in [0.25, 0.3) is 5.56 Å². The molecule has 1 aromatic heterocycles. The molecular weight excluding hydrogens is 434 g/mol. The molecule has 0 saturated carbocycles. The number of anilines is 1. The van der Waals surface area contributed by atoms with Crippen LogP contribution in [0.5, 0.6) is 11.5 Å². The lowest BCUT2D eigenvalue weighted by Crippen LogP contribution is -2.34. The number of ether oxygens (including phenoxy) is 2. The van der Waals surface area contributed by atoms with Crippen LogP contribution in [-0.2, 0) is 7.05 Å². The molecule has 3 aromatic rings. The first-order valence-corrected chi connectivity index (χ1v) is 10.3. The summed E-state index contributed by atoms with van der Waals surface area (Å²) in [6.45, 7) is 2.31. The molecule has 0 aliphatic heterocycles. The number of hydrogen-bond donors (Lipinski definition) is 1. The molecule has 3 rings (SSSR count). The summed E-state index contributed by atoms with van der Waals surface area (Å²) < 4.78 is 12.1. The Balaban J connectivity index is 2.30. The Bertz CT molecular complexity index is 1180. The van der Waals surface area contributed by atoms with Crippen LogP contribution in [0.15, 0.2) is 53.3 Å². The predicted molar refractivity (Wildman–Crippen MR) is 122 cm³/mol. The second-order valence-corrected chi connectivity index (χ2v) is 7.38. The molecule has 32 heavy (non-hydrogen) atoms. The SMILES string of the molecule is CCOc1cccc(Cl)c1C(c1ccccc1)N(C)c1nc(C(=O)O)c(OC)c(=O)n1C. The largest absolute Gasteiger partial charge is 0.493 e. The van der Waals surface area contributed by atoms with Crippen LogP contribution in [0, 0.1) is 0 Å². The predicted octanol–water partition coefficient (Wildman–Crippen LogP) is 3.77. The van der Waals surface area contributed by atoms with Crippen molar-refractivity contribution in [1.29, 1.82) is 0 Å². The van der Waals surface area contributed by atoms with Crippen molar-refractivity contribution in [3.63, 3.8) is 0 Å². The fraction of sp³-hybridized carbons (Fsp3) is 0.261. The van der Waals surface area contributed by atoms with E-state index < -0.39 is 23.3 Å². The van der Waals surface area contributed by atoms with Crippen molar-refractivity contribution in [1.82, 2.24) is 9.55 Å². The Kier molecular flexibility index (Phi) is 7.05. The molecule has 168 valence electrons. The minimum absolute atomic E-state index is 0.129. The number of carboxylic acid groups (broad SMARTS) is 1. The molecule has 0 spiro atoms. The zero-order chi connectivity index (χ0) is 23.4. The standard InChI is InChI=1S/C23H24ClN3O5/c1-5-32-16-13-9-12-15(24)17(16)19(14-10-7-6-8-11-14)26(2)23-25-18(22(29)30)20(31-4)21(28)27(23)3/h6-13,19H,5H2,1-4H3,(H,29,30). The number of hydrogen-bond acceptors (Lipinski definition) is 6. The summed E-state index contributed by atoms with van der Waals surface area (Å²) in [6, 6.07) is 14.3. The molecule has 0 aliphatic rings. The molecule has 0 amide bonds. The Morgan fingerprint density at radius 2 is 1.91 bits per heavy atom. The van der Waals surface area contributed by atoms with Crippen LogP contribution >= 0.6 is 11.6 Å². The lowest BCUT2D eigenvalue weighted by molar-refractivity contribution is 0.0685. The molecular formula is C23H24ClN3O5. The molecule has 0 saturated heterocycles. The average Bonchev–Trinajstić information content (AvgIpc) is 2.78. The smallest absolute Gasteiger partial charge is 0.358 e. The lowest BCUT2D eigenvalue weighted by atomic mass is 9.96. The Morgan fingerprint density at radius 3 is 2.50 bits per heavy atom. The average molecular weight is 458 g/mol. The minimum atomic E-state index is -1.36. The van der Waals surface area contributed by atoms with Crippen molar-refractivity contribution < 1.29 is 19.4 Å². The summed E-state index contributed by atoms with van der Waals surface area (Å²) in [7, 11) is 4.46. The van der Waals surface area contributed by atoms with Crippen molar-refractivity contribution >= 4 is 23.5 Å². The summed E-state index contributed by atoms with van der Waals surface area (Å²) in [4.78, 5) is 30.6. The molecule has 0 bridgehead atoms. The maximum absolute atomic E-state index is 12.8. The van der Waals surface area contributed by atoms with Gasteiger partial charge in [0.1, 0.15) is 5.75 Å². The van der Waals surface area contributed by atoms with E-state index in [-0.39, 0.29) is 11.7 Å². The van der Waals surface area contributed by atoms with Crippen LogP contribution in [0.25, 0.3) is 0 Å². The Morgan fingerprint density at radius 1 is 1.22 bits per heavy atom. The van der Waals surface area contributed by atoms with Crippen LogP contribution in [0.3, 0.4) is 0 Å². The topological polar surface area (TPSA) is 93.9 Å². The highest BCUT2D eigenvalue weighted by molar-refractivity contribution is 6.31. The van der Waals surface area contributed by atoms with Gasteiger partial charge < -0.3 is 19.5 Å². The molecule has 0 aliphatic carbocycles. The van der Waals surface area contributed by atoms with Crippen molar-refractivity contribution in [2.75, 3.05) is 25.7 Å². The number of aromatic carboxylic acids is 1. The third kappa shape index (κ3) is 4.27. The lowest BCUT2D eigenvalue weighted by Gasteiger charge is -2.32. The van der Waals surface area contributed by atoms with Gasteiger partial charge >= 0.3 is 5.97 Å². The van der Waals surface area contributed by atoms with Gasteiger partial charge in [-0.05, 0) is 24.6 Å². The summed E-state index contributed by atoms with van der Waals surface area (Å²) in [5.74, 6) is -0.985. The number of carboxylic acids is 1. The first-order valence-electron chi connectivity index (χ1n) is 9.89. The molecule has 0 fully saturated rings. The maximum Gasteiger partial charge on any atom is 0.358 e. The maximum atomic E-state index is 12.8. The van der Waals surface area contributed by atoms with E-state index in [1.165, 1.54) is 18.7 Å². The quantitative estimate of drug-likeness (QED) is 0.550. The number of halogens is 1. The molecule has 1 N–H and O–H groups in total. The van der Waals surface area contributed by atoms with E-state index in [0.717, 1.165) is 5.56 Å². The highest BCUT2D eigenvalue weighted by Gasteiger charge is 2.30. The van der Waals surface area contributed by atoms with Gasteiger partial charge in [-0.1, -0.05) is 48.0 Å². The Labute approximate surface area is 190 Å². The molecule has 2 aromatic carbocycles. The van der Waals surface area contributed by atoms with Gasteiger partial charge in [0.05, 0.1) is 19.8 Å². The molecule has 8 nitrogen and oxygen atoms in total. The van der Waals surface area contributed by atoms with E-state index in [0.29, 0.717) is 22.9 Å². The van der Waals surface area contributed by atoms with Crippen molar-refractivity contribution in [3.05, 3.63) is 80.7 Å². The molecule has 9 heteroatoms. The van der Waals surface area contributed by atoms with Gasteiger partial charge in [0, 0.05) is 24.7 Å². The fourth-order valence-corrected chi connectivity index (χ4v) is 3.88. The van der Waals surface area contributed by atoms with E-state index in [1.807, 2.05) is 43.3 Å². The van der Waals surface area contributed by atoms with Gasteiger partial charge in [-0.3, -0.25) is 9.36 Å². The number of carbonyl (C=O) groups is 1. The van der Waals surface area contributed by atoms with E-state index in [9.17, 15) is 14.7 Å². The van der Waals surface area contributed by atoms with Gasteiger partial charge in [0.2, 0.25) is 11.7 Å². The van der Waals surface area contributed by atoms with Crippen LogP contribution in [0.1, 0.15) is 34.6 Å². The summed E-state index contributed by atoms with van der Waals surface area (Å²) in [5.41, 5.74) is 0.448. The second-order valence-electron chi connectivity index (χ2n) is 6.97. The van der Waals surface area contributed by atoms with Crippen LogP contribution in [0.4, 0.5) is 5.95 Å². The highest BCUT2D eigenvalue weighted by Crippen LogP contribution is 2.40. The Hall–Kier alpha value is -3.52. The monoisotopic (exact) mass is 457 g/mol. The van der Waals surface area contributed by atoms with E-state index in [1.54, 1.807) is 24.1 Å². The third-order valence-corrected chi connectivity index (χ3v) is 5.37. The number of methoxy groups -OCH3 is 1. The fourth-order valence-electron chi connectivity index (χ4n) is 3.61. The number of rotatable bonds is 8. The third-order valence-electron chi connectivity index (χ3n) is 5.04. The molecule has 1 unspecified atom stereocenters.